The lowest BCUT2D eigenvalue weighted by molar-refractivity contribution is -0.134. The summed E-state index contributed by atoms with van der Waals surface area (Å²) in [6.45, 7) is 8.41. The molecular weight excluding hydrogens is 342 g/mol. The van der Waals surface area contributed by atoms with Gasteiger partial charge >= 0.3 is 0 Å². The lowest BCUT2D eigenvalue weighted by Gasteiger charge is -2.46. The molecule has 3 atom stereocenters. The fraction of sp³-hybridized carbons (Fsp3) is 0.619. The summed E-state index contributed by atoms with van der Waals surface area (Å²) in [6.07, 6.45) is 1.73. The minimum Gasteiger partial charge on any atom is -0.487 e. The number of amides is 1. The maximum absolute atomic E-state index is 12.9. The molecule has 1 saturated carbocycles. The number of ether oxygens (including phenoxy) is 1. The number of rotatable bonds is 4. The van der Waals surface area contributed by atoms with Gasteiger partial charge in [0, 0.05) is 56.5 Å². The van der Waals surface area contributed by atoms with Gasteiger partial charge in [0.2, 0.25) is 5.91 Å². The third-order valence-electron chi connectivity index (χ3n) is 6.61. The van der Waals surface area contributed by atoms with Crippen LogP contribution in [0.4, 0.5) is 0 Å². The van der Waals surface area contributed by atoms with Gasteiger partial charge in [-0.2, -0.15) is 0 Å². The summed E-state index contributed by atoms with van der Waals surface area (Å²) < 4.78 is 6.37. The van der Waals surface area contributed by atoms with E-state index in [2.05, 4.69) is 41.8 Å². The van der Waals surface area contributed by atoms with Crippen molar-refractivity contribution in [3.63, 3.8) is 0 Å². The van der Waals surface area contributed by atoms with Crippen molar-refractivity contribution in [1.29, 1.82) is 0 Å². The molecule has 6 heteroatoms. The van der Waals surface area contributed by atoms with Crippen LogP contribution in [0, 0.1) is 6.92 Å². The number of nitrogens with zero attached hydrogens (tertiary/aromatic N) is 2. The maximum atomic E-state index is 12.9. The Hall–Kier alpha value is -1.92. The van der Waals surface area contributed by atoms with E-state index < -0.39 is 0 Å². The lowest BCUT2D eigenvalue weighted by Crippen LogP contribution is -2.63. The highest BCUT2D eigenvalue weighted by Gasteiger charge is 2.55. The summed E-state index contributed by atoms with van der Waals surface area (Å²) in [7, 11) is 0. The van der Waals surface area contributed by atoms with Crippen molar-refractivity contribution >= 4 is 11.7 Å². The number of aryl methyl sites for hydroxylation is 1. The van der Waals surface area contributed by atoms with Crippen molar-refractivity contribution in [1.82, 2.24) is 9.80 Å². The van der Waals surface area contributed by atoms with E-state index in [0.717, 1.165) is 38.3 Å². The maximum Gasteiger partial charge on any atom is 0.218 e. The molecule has 2 heterocycles. The number of ketones is 1. The average Bonchev–Trinajstić information content (AvgIpc) is 2.93. The van der Waals surface area contributed by atoms with Crippen LogP contribution in [0.1, 0.15) is 37.3 Å². The van der Waals surface area contributed by atoms with Gasteiger partial charge < -0.3 is 15.4 Å². The molecule has 3 aliphatic rings. The van der Waals surface area contributed by atoms with Gasteiger partial charge in [-0.25, -0.2) is 0 Å². The molecule has 0 unspecified atom stereocenters. The number of hydrogen-bond donors (Lipinski definition) is 1. The predicted octanol–water partition coefficient (Wildman–Crippen LogP) is 1.24. The highest BCUT2D eigenvalue weighted by molar-refractivity contribution is 5.87. The van der Waals surface area contributed by atoms with Crippen molar-refractivity contribution in [3.05, 3.63) is 29.3 Å². The van der Waals surface area contributed by atoms with E-state index >= 15 is 0 Å². The topological polar surface area (TPSA) is 75.9 Å². The Balaban J connectivity index is 1.51. The predicted molar refractivity (Wildman–Crippen MR) is 103 cm³/mol. The molecule has 0 spiro atoms. The van der Waals surface area contributed by atoms with Crippen molar-refractivity contribution in [2.24, 2.45) is 5.73 Å². The molecule has 4 rings (SSSR count). The smallest absolute Gasteiger partial charge is 0.218 e. The Kier molecular flexibility index (Phi) is 4.72. The van der Waals surface area contributed by atoms with E-state index in [-0.39, 0.29) is 23.5 Å². The van der Waals surface area contributed by atoms with Crippen LogP contribution in [0.25, 0.3) is 0 Å². The highest BCUT2D eigenvalue weighted by Crippen LogP contribution is 2.50. The fourth-order valence-corrected chi connectivity index (χ4v) is 4.93. The number of carbonyl (C=O) groups excluding carboxylic acids is 2. The summed E-state index contributed by atoms with van der Waals surface area (Å²) in [4.78, 5) is 28.5. The first-order valence-electron chi connectivity index (χ1n) is 9.94. The average molecular weight is 371 g/mol. The Morgan fingerprint density at radius 1 is 1.30 bits per heavy atom. The molecule has 1 aliphatic carbocycles. The molecule has 1 amide bonds. The van der Waals surface area contributed by atoms with Gasteiger partial charge in [0.25, 0.3) is 0 Å². The van der Waals surface area contributed by atoms with Crippen molar-refractivity contribution in [2.45, 2.75) is 50.7 Å². The van der Waals surface area contributed by atoms with Gasteiger partial charge in [-0.15, -0.1) is 0 Å². The summed E-state index contributed by atoms with van der Waals surface area (Å²) in [5, 5.41) is 0. The molecule has 0 aromatic heterocycles. The van der Waals surface area contributed by atoms with Crippen LogP contribution < -0.4 is 10.5 Å². The molecule has 2 N–H and O–H groups in total. The van der Waals surface area contributed by atoms with Gasteiger partial charge in [0.15, 0.2) is 5.78 Å². The Bertz CT molecular complexity index is 757. The van der Waals surface area contributed by atoms with Crippen molar-refractivity contribution in [3.8, 4) is 5.75 Å². The van der Waals surface area contributed by atoms with Gasteiger partial charge in [-0.05, 0) is 19.4 Å². The lowest BCUT2D eigenvalue weighted by atomic mass is 9.67. The normalized spacial score (nSPS) is 31.3. The van der Waals surface area contributed by atoms with Gasteiger partial charge in [0.1, 0.15) is 17.9 Å². The van der Waals surface area contributed by atoms with E-state index in [9.17, 15) is 9.59 Å². The first-order valence-corrected chi connectivity index (χ1v) is 9.94. The molecule has 1 saturated heterocycles. The number of Topliss-reactive ketones (excluding diaryl/α,β-unsaturated/α-hetero) is 1. The molecule has 0 bridgehead atoms. The SMILES string of the molecule is Cc1ccc2c(c1)[C@@]1(C)CCC(=O)[C@@H](N3CCN(CCC(N)=O)CC3)[C@H]1O2. The highest BCUT2D eigenvalue weighted by atomic mass is 16.5. The van der Waals surface area contributed by atoms with Crippen LogP contribution in [0.2, 0.25) is 0 Å². The largest absolute Gasteiger partial charge is 0.487 e. The standard InChI is InChI=1S/C21H29N3O3/c1-14-3-4-17-15(13-14)21(2)7-5-16(25)19(20(21)27-17)24-11-9-23(10-12-24)8-6-18(22)26/h3-4,13,19-20H,5-12H2,1-2H3,(H2,22,26)/t19-,20-,21-/m1/s1. The summed E-state index contributed by atoms with van der Waals surface area (Å²) in [5.41, 5.74) is 7.64. The van der Waals surface area contributed by atoms with E-state index in [0.29, 0.717) is 25.2 Å². The second kappa shape index (κ2) is 6.91. The Morgan fingerprint density at radius 2 is 2.04 bits per heavy atom. The Labute approximate surface area is 160 Å². The fourth-order valence-electron chi connectivity index (χ4n) is 4.93. The quantitative estimate of drug-likeness (QED) is 0.862. The molecule has 27 heavy (non-hydrogen) atoms. The number of carbonyl (C=O) groups is 2. The second-order valence-electron chi connectivity index (χ2n) is 8.46. The van der Waals surface area contributed by atoms with E-state index in [1.54, 1.807) is 0 Å². The van der Waals surface area contributed by atoms with Gasteiger partial charge in [-0.3, -0.25) is 14.5 Å². The van der Waals surface area contributed by atoms with Crippen LogP contribution in [0.15, 0.2) is 18.2 Å². The van der Waals surface area contributed by atoms with Gasteiger partial charge in [0.05, 0.1) is 0 Å². The first kappa shape index (κ1) is 18.4. The van der Waals surface area contributed by atoms with Crippen LogP contribution in [0.3, 0.4) is 0 Å². The Morgan fingerprint density at radius 3 is 2.74 bits per heavy atom. The number of benzene rings is 1. The zero-order valence-corrected chi connectivity index (χ0v) is 16.2. The minimum absolute atomic E-state index is 0.108. The third kappa shape index (κ3) is 3.25. The number of piperazine rings is 1. The number of fused-ring (bicyclic) bond motifs is 3. The van der Waals surface area contributed by atoms with Crippen LogP contribution >= 0.6 is 0 Å². The molecule has 2 aliphatic heterocycles. The molecule has 1 aromatic rings. The zero-order valence-electron chi connectivity index (χ0n) is 16.2. The number of hydrogen-bond acceptors (Lipinski definition) is 5. The molecule has 6 nitrogen and oxygen atoms in total. The molecule has 0 radical (unpaired) electrons. The van der Waals surface area contributed by atoms with Crippen molar-refractivity contribution < 1.29 is 14.3 Å². The van der Waals surface area contributed by atoms with Crippen LogP contribution in [-0.2, 0) is 15.0 Å². The summed E-state index contributed by atoms with van der Waals surface area (Å²) in [5.74, 6) is 0.976. The van der Waals surface area contributed by atoms with Crippen LogP contribution in [0.5, 0.6) is 5.75 Å². The minimum atomic E-state index is -0.261. The number of nitrogens with two attached hydrogens (primary N) is 1. The zero-order chi connectivity index (χ0) is 19.2. The van der Waals surface area contributed by atoms with E-state index in [1.165, 1.54) is 11.1 Å². The van der Waals surface area contributed by atoms with Crippen LogP contribution in [-0.4, -0.2) is 66.4 Å². The van der Waals surface area contributed by atoms with E-state index in [1.807, 2.05) is 0 Å². The summed E-state index contributed by atoms with van der Waals surface area (Å²) in [6, 6.07) is 6.17. The molecule has 1 aromatic carbocycles. The van der Waals surface area contributed by atoms with Crippen molar-refractivity contribution in [2.75, 3.05) is 32.7 Å². The molecule has 146 valence electrons. The first-order chi connectivity index (χ1) is 12.9. The molecule has 2 fully saturated rings. The summed E-state index contributed by atoms with van der Waals surface area (Å²) >= 11 is 0. The third-order valence-corrected chi connectivity index (χ3v) is 6.61. The van der Waals surface area contributed by atoms with E-state index in [4.69, 9.17) is 10.5 Å². The molecular formula is C21H29N3O3. The monoisotopic (exact) mass is 371 g/mol. The van der Waals surface area contributed by atoms with Gasteiger partial charge in [-0.1, -0.05) is 24.6 Å². The number of primary amides is 1. The second-order valence-corrected chi connectivity index (χ2v) is 8.46.